The summed E-state index contributed by atoms with van der Waals surface area (Å²) >= 11 is 0. The summed E-state index contributed by atoms with van der Waals surface area (Å²) in [4.78, 5) is 4.97. The minimum atomic E-state index is 0.439. The quantitative estimate of drug-likeness (QED) is 0.606. The summed E-state index contributed by atoms with van der Waals surface area (Å²) in [5.74, 6) is 0. The first-order valence-corrected chi connectivity index (χ1v) is 6.65. The number of ether oxygens (including phenoxy) is 1. The Morgan fingerprint density at radius 3 is 2.60 bits per heavy atom. The highest BCUT2D eigenvalue weighted by Gasteiger charge is 2.43. The highest BCUT2D eigenvalue weighted by atomic mass is 16.6. The molecular weight excluding hydrogens is 186 g/mol. The topological polar surface area (TPSA) is 24.9 Å². The third-order valence-electron chi connectivity index (χ3n) is 4.01. The summed E-state index contributed by atoms with van der Waals surface area (Å²) in [6.45, 7) is 0. The minimum absolute atomic E-state index is 0.439. The van der Waals surface area contributed by atoms with Crippen LogP contribution in [0.15, 0.2) is 4.99 Å². The fourth-order valence-electron chi connectivity index (χ4n) is 3.03. The average molecular weight is 207 g/mol. The molecule has 1 heterocycles. The minimum Gasteiger partial charge on any atom is -0.363 e. The Kier molecular flexibility index (Phi) is 2.78. The van der Waals surface area contributed by atoms with Gasteiger partial charge in [-0.25, -0.2) is 0 Å². The molecule has 1 aliphatic heterocycles. The molecule has 2 atom stereocenters. The first kappa shape index (κ1) is 9.83. The van der Waals surface area contributed by atoms with Crippen LogP contribution in [-0.4, -0.2) is 24.0 Å². The average Bonchev–Trinajstić information content (AvgIpc) is 3.02. The van der Waals surface area contributed by atoms with Crippen molar-refractivity contribution in [1.29, 1.82) is 0 Å². The van der Waals surface area contributed by atoms with Crippen LogP contribution in [0.5, 0.6) is 0 Å². The second-order valence-corrected chi connectivity index (χ2v) is 5.25. The predicted molar refractivity (Wildman–Crippen MR) is 61.4 cm³/mol. The zero-order valence-electron chi connectivity index (χ0n) is 9.45. The monoisotopic (exact) mass is 207 g/mol. The lowest BCUT2D eigenvalue weighted by atomic mass is 9.95. The number of hydrogen-bond donors (Lipinski definition) is 0. The van der Waals surface area contributed by atoms with Gasteiger partial charge in [0, 0.05) is 11.8 Å². The maximum Gasteiger partial charge on any atom is 0.122 e. The molecule has 0 spiro atoms. The van der Waals surface area contributed by atoms with E-state index in [0.717, 1.165) is 0 Å². The SMILES string of the molecule is C1CCC(N=C2CCCCC3OC23)CC1. The van der Waals surface area contributed by atoms with E-state index >= 15 is 0 Å². The van der Waals surface area contributed by atoms with Crippen molar-refractivity contribution in [2.24, 2.45) is 4.99 Å². The Hall–Kier alpha value is -0.370. The van der Waals surface area contributed by atoms with Crippen molar-refractivity contribution in [3.8, 4) is 0 Å². The molecule has 2 unspecified atom stereocenters. The van der Waals surface area contributed by atoms with Crippen LogP contribution in [0.1, 0.15) is 57.8 Å². The number of nitrogens with zero attached hydrogens (tertiary/aromatic N) is 1. The fourth-order valence-corrected chi connectivity index (χ4v) is 3.03. The third-order valence-corrected chi connectivity index (χ3v) is 4.01. The summed E-state index contributed by atoms with van der Waals surface area (Å²) < 4.78 is 5.68. The third kappa shape index (κ3) is 2.25. The lowest BCUT2D eigenvalue weighted by Crippen LogP contribution is -2.16. The van der Waals surface area contributed by atoms with Crippen LogP contribution in [0.2, 0.25) is 0 Å². The molecule has 3 fully saturated rings. The van der Waals surface area contributed by atoms with Crippen molar-refractivity contribution >= 4 is 5.71 Å². The van der Waals surface area contributed by atoms with Crippen LogP contribution in [0.3, 0.4) is 0 Å². The van der Waals surface area contributed by atoms with E-state index in [1.54, 1.807) is 0 Å². The molecule has 2 nitrogen and oxygen atoms in total. The predicted octanol–water partition coefficient (Wildman–Crippen LogP) is 3.10. The van der Waals surface area contributed by atoms with Gasteiger partial charge in [0.05, 0.1) is 6.10 Å². The van der Waals surface area contributed by atoms with Gasteiger partial charge in [-0.05, 0) is 32.1 Å². The van der Waals surface area contributed by atoms with Crippen LogP contribution < -0.4 is 0 Å². The van der Waals surface area contributed by atoms with Crippen LogP contribution in [0, 0.1) is 0 Å². The molecule has 0 N–H and O–H groups in total. The number of rotatable bonds is 1. The highest BCUT2D eigenvalue weighted by Crippen LogP contribution is 2.34. The van der Waals surface area contributed by atoms with Gasteiger partial charge in [-0.15, -0.1) is 0 Å². The van der Waals surface area contributed by atoms with Gasteiger partial charge in [-0.3, -0.25) is 4.99 Å². The Labute approximate surface area is 92.1 Å². The smallest absolute Gasteiger partial charge is 0.122 e. The number of fused-ring (bicyclic) bond motifs is 1. The second kappa shape index (κ2) is 4.25. The lowest BCUT2D eigenvalue weighted by molar-refractivity contribution is 0.370. The van der Waals surface area contributed by atoms with Gasteiger partial charge in [0.2, 0.25) is 0 Å². The van der Waals surface area contributed by atoms with E-state index in [1.165, 1.54) is 63.5 Å². The van der Waals surface area contributed by atoms with Gasteiger partial charge in [0.1, 0.15) is 6.10 Å². The summed E-state index contributed by atoms with van der Waals surface area (Å²) in [7, 11) is 0. The zero-order chi connectivity index (χ0) is 10.1. The van der Waals surface area contributed by atoms with Crippen molar-refractivity contribution in [2.45, 2.75) is 76.0 Å². The molecule has 0 aromatic heterocycles. The van der Waals surface area contributed by atoms with E-state index in [9.17, 15) is 0 Å². The Balaban J connectivity index is 1.65. The number of hydrogen-bond acceptors (Lipinski definition) is 2. The summed E-state index contributed by atoms with van der Waals surface area (Å²) in [5.41, 5.74) is 1.41. The second-order valence-electron chi connectivity index (χ2n) is 5.25. The van der Waals surface area contributed by atoms with Crippen LogP contribution in [-0.2, 0) is 4.74 Å². The molecule has 2 saturated carbocycles. The van der Waals surface area contributed by atoms with E-state index < -0.39 is 0 Å². The molecule has 0 aromatic rings. The van der Waals surface area contributed by atoms with Crippen molar-refractivity contribution < 1.29 is 4.74 Å². The molecule has 0 aromatic carbocycles. The largest absolute Gasteiger partial charge is 0.363 e. The molecule has 2 aliphatic carbocycles. The number of aliphatic imine (C=N–C) groups is 1. The van der Waals surface area contributed by atoms with Gasteiger partial charge in [0.25, 0.3) is 0 Å². The first-order valence-electron chi connectivity index (χ1n) is 6.65. The van der Waals surface area contributed by atoms with E-state index in [1.807, 2.05) is 0 Å². The standard InChI is InChI=1S/C13H21NO/c1-2-6-10(7-3-1)14-11-8-4-5-9-12-13(11)15-12/h10,12-13H,1-9H2. The molecule has 2 heteroatoms. The normalized spacial score (nSPS) is 39.9. The van der Waals surface area contributed by atoms with Gasteiger partial charge in [-0.2, -0.15) is 0 Å². The Bertz CT molecular complexity index is 255. The maximum absolute atomic E-state index is 5.68. The molecular formula is C13H21NO. The molecule has 0 radical (unpaired) electrons. The molecule has 84 valence electrons. The summed E-state index contributed by atoms with van der Waals surface area (Å²) in [6.07, 6.45) is 13.0. The lowest BCUT2D eigenvalue weighted by Gasteiger charge is -2.18. The Morgan fingerprint density at radius 2 is 1.73 bits per heavy atom. The van der Waals surface area contributed by atoms with Crippen LogP contribution in [0.25, 0.3) is 0 Å². The van der Waals surface area contributed by atoms with E-state index in [2.05, 4.69) is 0 Å². The van der Waals surface area contributed by atoms with Gasteiger partial charge in [0.15, 0.2) is 0 Å². The van der Waals surface area contributed by atoms with Gasteiger partial charge < -0.3 is 4.74 Å². The Morgan fingerprint density at radius 1 is 0.933 bits per heavy atom. The van der Waals surface area contributed by atoms with Crippen LogP contribution in [0.4, 0.5) is 0 Å². The molecule has 15 heavy (non-hydrogen) atoms. The van der Waals surface area contributed by atoms with E-state index in [0.29, 0.717) is 18.2 Å². The van der Waals surface area contributed by atoms with Crippen LogP contribution >= 0.6 is 0 Å². The molecule has 0 bridgehead atoms. The number of epoxide rings is 1. The zero-order valence-corrected chi connectivity index (χ0v) is 9.45. The maximum atomic E-state index is 5.68. The molecule has 0 amide bonds. The van der Waals surface area contributed by atoms with Crippen molar-refractivity contribution in [3.05, 3.63) is 0 Å². The van der Waals surface area contributed by atoms with Gasteiger partial charge >= 0.3 is 0 Å². The van der Waals surface area contributed by atoms with E-state index in [-0.39, 0.29) is 0 Å². The summed E-state index contributed by atoms with van der Waals surface area (Å²) in [5, 5.41) is 0. The highest BCUT2D eigenvalue weighted by molar-refractivity contribution is 5.91. The van der Waals surface area contributed by atoms with Crippen molar-refractivity contribution in [3.63, 3.8) is 0 Å². The first-order chi connectivity index (χ1) is 7.43. The summed E-state index contributed by atoms with van der Waals surface area (Å²) in [6, 6.07) is 0.636. The van der Waals surface area contributed by atoms with Gasteiger partial charge in [-0.1, -0.05) is 25.7 Å². The molecule has 3 rings (SSSR count). The van der Waals surface area contributed by atoms with Crippen molar-refractivity contribution in [2.75, 3.05) is 0 Å². The molecule has 1 saturated heterocycles. The van der Waals surface area contributed by atoms with E-state index in [4.69, 9.17) is 9.73 Å². The fraction of sp³-hybridized carbons (Fsp3) is 0.923. The van der Waals surface area contributed by atoms with Crippen molar-refractivity contribution in [1.82, 2.24) is 0 Å². The molecule has 3 aliphatic rings.